The van der Waals surface area contributed by atoms with Gasteiger partial charge < -0.3 is 15.3 Å². The summed E-state index contributed by atoms with van der Waals surface area (Å²) in [6, 6.07) is 6.39. The molecular formula is C17H19ClN2O4. The van der Waals surface area contributed by atoms with E-state index in [1.54, 1.807) is 29.2 Å². The lowest BCUT2D eigenvalue weighted by Crippen LogP contribution is -2.46. The zero-order valence-electron chi connectivity index (χ0n) is 13.1. The third-order valence-electron chi connectivity index (χ3n) is 4.92. The number of hydrogen-bond donors (Lipinski definition) is 2. The van der Waals surface area contributed by atoms with Crippen molar-refractivity contribution in [3.63, 3.8) is 0 Å². The maximum Gasteiger partial charge on any atom is 0.310 e. The van der Waals surface area contributed by atoms with Crippen molar-refractivity contribution >= 4 is 35.1 Å². The van der Waals surface area contributed by atoms with Crippen LogP contribution in [0.25, 0.3) is 0 Å². The third kappa shape index (κ3) is 3.11. The van der Waals surface area contributed by atoms with Gasteiger partial charge in [-0.05, 0) is 37.5 Å². The summed E-state index contributed by atoms with van der Waals surface area (Å²) in [6.07, 6.45) is 2.29. The van der Waals surface area contributed by atoms with Gasteiger partial charge in [0.15, 0.2) is 0 Å². The minimum absolute atomic E-state index is 0.0662. The Kier molecular flexibility index (Phi) is 4.49. The Labute approximate surface area is 144 Å². The summed E-state index contributed by atoms with van der Waals surface area (Å²) >= 11 is 5.95. The van der Waals surface area contributed by atoms with Gasteiger partial charge in [-0.1, -0.05) is 24.1 Å². The molecule has 1 saturated carbocycles. The molecule has 2 N–H and O–H groups in total. The quantitative estimate of drug-likeness (QED) is 0.852. The minimum atomic E-state index is -0.946. The van der Waals surface area contributed by atoms with E-state index in [9.17, 15) is 19.5 Å². The predicted octanol–water partition coefficient (Wildman–Crippen LogP) is 2.21. The van der Waals surface area contributed by atoms with Gasteiger partial charge in [0, 0.05) is 23.7 Å². The lowest BCUT2D eigenvalue weighted by molar-refractivity contribution is -0.157. The van der Waals surface area contributed by atoms with E-state index in [0.717, 1.165) is 6.42 Å². The molecule has 1 atom stereocenters. The molecule has 0 aromatic heterocycles. The number of carbonyl (C=O) groups excluding carboxylic acids is 2. The first-order valence-corrected chi connectivity index (χ1v) is 8.39. The number of nitrogens with one attached hydrogen (secondary N) is 1. The molecular weight excluding hydrogens is 332 g/mol. The molecule has 2 aliphatic rings. The van der Waals surface area contributed by atoms with Gasteiger partial charge in [0.2, 0.25) is 11.8 Å². The van der Waals surface area contributed by atoms with Crippen molar-refractivity contribution in [2.75, 3.05) is 11.4 Å². The monoisotopic (exact) mass is 350 g/mol. The topological polar surface area (TPSA) is 86.7 Å². The number of hydrogen-bond acceptors (Lipinski definition) is 3. The van der Waals surface area contributed by atoms with Crippen LogP contribution in [-0.4, -0.2) is 35.5 Å². The fraction of sp³-hybridized carbons (Fsp3) is 0.471. The Morgan fingerprint density at radius 1 is 1.38 bits per heavy atom. The van der Waals surface area contributed by atoms with Gasteiger partial charge in [-0.25, -0.2) is 0 Å². The van der Waals surface area contributed by atoms with Gasteiger partial charge in [-0.15, -0.1) is 0 Å². The second-order valence-electron chi connectivity index (χ2n) is 6.49. The number of halogens is 1. The van der Waals surface area contributed by atoms with E-state index < -0.39 is 17.4 Å². The zero-order chi connectivity index (χ0) is 17.3. The van der Waals surface area contributed by atoms with Gasteiger partial charge in [-0.3, -0.25) is 14.4 Å². The van der Waals surface area contributed by atoms with Crippen LogP contribution in [0.15, 0.2) is 24.3 Å². The molecule has 3 rings (SSSR count). The molecule has 2 fully saturated rings. The number of anilines is 1. The van der Waals surface area contributed by atoms with Crippen LogP contribution >= 0.6 is 11.6 Å². The summed E-state index contributed by atoms with van der Waals surface area (Å²) in [5, 5.41) is 12.5. The van der Waals surface area contributed by atoms with Crippen molar-refractivity contribution in [2.24, 2.45) is 5.41 Å². The lowest BCUT2D eigenvalue weighted by atomic mass is 9.66. The standard InChI is InChI=1S/C17H19ClN2O4/c18-11-3-1-4-12(9-11)20-8-5-13(15(20)22)19-14(21)10-17(16(23)24)6-2-7-17/h1,3-4,9,13H,2,5-8,10H2,(H,19,21)(H,23,24). The number of carboxylic acids is 1. The highest BCUT2D eigenvalue weighted by molar-refractivity contribution is 6.31. The van der Waals surface area contributed by atoms with Gasteiger partial charge in [-0.2, -0.15) is 0 Å². The van der Waals surface area contributed by atoms with Crippen LogP contribution in [0.1, 0.15) is 32.1 Å². The second-order valence-corrected chi connectivity index (χ2v) is 6.93. The van der Waals surface area contributed by atoms with Crippen molar-refractivity contribution in [2.45, 2.75) is 38.1 Å². The molecule has 0 spiro atoms. The van der Waals surface area contributed by atoms with Crippen LogP contribution in [0.2, 0.25) is 5.02 Å². The number of carbonyl (C=O) groups is 3. The molecule has 1 saturated heterocycles. The molecule has 1 aliphatic heterocycles. The van der Waals surface area contributed by atoms with E-state index in [4.69, 9.17) is 11.6 Å². The Morgan fingerprint density at radius 2 is 2.12 bits per heavy atom. The summed E-state index contributed by atoms with van der Waals surface area (Å²) in [7, 11) is 0. The molecule has 1 aliphatic carbocycles. The molecule has 0 bridgehead atoms. The highest BCUT2D eigenvalue weighted by atomic mass is 35.5. The van der Waals surface area contributed by atoms with Crippen molar-refractivity contribution in [1.29, 1.82) is 0 Å². The average molecular weight is 351 g/mol. The summed E-state index contributed by atoms with van der Waals surface area (Å²) in [5.74, 6) is -1.49. The largest absolute Gasteiger partial charge is 0.481 e. The highest BCUT2D eigenvalue weighted by Crippen LogP contribution is 2.44. The Balaban J connectivity index is 1.61. The van der Waals surface area contributed by atoms with Crippen molar-refractivity contribution in [1.82, 2.24) is 5.32 Å². The van der Waals surface area contributed by atoms with Crippen LogP contribution in [0.4, 0.5) is 5.69 Å². The maximum absolute atomic E-state index is 12.5. The van der Waals surface area contributed by atoms with Crippen molar-refractivity contribution in [3.05, 3.63) is 29.3 Å². The van der Waals surface area contributed by atoms with Gasteiger partial charge in [0.1, 0.15) is 6.04 Å². The van der Waals surface area contributed by atoms with E-state index in [1.165, 1.54) is 0 Å². The Hall–Kier alpha value is -2.08. The number of aliphatic carboxylic acids is 1. The first-order valence-electron chi connectivity index (χ1n) is 8.01. The average Bonchev–Trinajstić information content (AvgIpc) is 2.84. The van der Waals surface area contributed by atoms with Gasteiger partial charge in [0.05, 0.1) is 5.41 Å². The Morgan fingerprint density at radius 3 is 2.71 bits per heavy atom. The SMILES string of the molecule is O=C(CC1(C(=O)O)CCC1)NC1CCN(c2cccc(Cl)c2)C1=O. The fourth-order valence-electron chi connectivity index (χ4n) is 3.34. The summed E-state index contributed by atoms with van der Waals surface area (Å²) < 4.78 is 0. The summed E-state index contributed by atoms with van der Waals surface area (Å²) in [4.78, 5) is 37.6. The summed E-state index contributed by atoms with van der Waals surface area (Å²) in [5.41, 5.74) is -0.247. The van der Waals surface area contributed by atoms with Crippen LogP contribution in [-0.2, 0) is 14.4 Å². The van der Waals surface area contributed by atoms with Crippen molar-refractivity contribution in [3.8, 4) is 0 Å². The number of nitrogens with zero attached hydrogens (tertiary/aromatic N) is 1. The van der Waals surface area contributed by atoms with E-state index in [2.05, 4.69) is 5.32 Å². The molecule has 6 nitrogen and oxygen atoms in total. The molecule has 128 valence electrons. The van der Waals surface area contributed by atoms with Crippen molar-refractivity contribution < 1.29 is 19.5 Å². The number of carboxylic acid groups (broad SMARTS) is 1. The molecule has 7 heteroatoms. The van der Waals surface area contributed by atoms with E-state index >= 15 is 0 Å². The normalized spacial score (nSPS) is 22.1. The molecule has 1 aromatic carbocycles. The second kappa shape index (κ2) is 6.43. The smallest absolute Gasteiger partial charge is 0.310 e. The maximum atomic E-state index is 12.5. The van der Waals surface area contributed by atoms with E-state index in [0.29, 0.717) is 36.5 Å². The molecule has 2 amide bonds. The predicted molar refractivity (Wildman–Crippen MR) is 88.9 cm³/mol. The minimum Gasteiger partial charge on any atom is -0.481 e. The zero-order valence-corrected chi connectivity index (χ0v) is 13.9. The first kappa shape index (κ1) is 16.8. The summed E-state index contributed by atoms with van der Waals surface area (Å²) in [6.45, 7) is 0.494. The Bertz CT molecular complexity index is 687. The van der Waals surface area contributed by atoms with Gasteiger partial charge >= 0.3 is 5.97 Å². The highest BCUT2D eigenvalue weighted by Gasteiger charge is 2.46. The van der Waals surface area contributed by atoms with Crippen LogP contribution < -0.4 is 10.2 Å². The number of amides is 2. The molecule has 1 aromatic rings. The number of benzene rings is 1. The lowest BCUT2D eigenvalue weighted by Gasteiger charge is -2.37. The molecule has 1 heterocycles. The van der Waals surface area contributed by atoms with Crippen LogP contribution in [0.3, 0.4) is 0 Å². The molecule has 0 radical (unpaired) electrons. The first-order chi connectivity index (χ1) is 11.4. The third-order valence-corrected chi connectivity index (χ3v) is 5.16. The van der Waals surface area contributed by atoms with Gasteiger partial charge in [0.25, 0.3) is 0 Å². The van der Waals surface area contributed by atoms with E-state index in [1.807, 2.05) is 0 Å². The molecule has 24 heavy (non-hydrogen) atoms. The van der Waals surface area contributed by atoms with Crippen LogP contribution in [0.5, 0.6) is 0 Å². The fourth-order valence-corrected chi connectivity index (χ4v) is 3.52. The van der Waals surface area contributed by atoms with E-state index in [-0.39, 0.29) is 18.2 Å². The van der Waals surface area contributed by atoms with Crippen LogP contribution in [0, 0.1) is 5.41 Å². The number of rotatable bonds is 5. The molecule has 1 unspecified atom stereocenters.